The van der Waals surface area contributed by atoms with Gasteiger partial charge in [-0.15, -0.1) is 0 Å². The number of nitrogens with one attached hydrogen (secondary N) is 1. The van der Waals surface area contributed by atoms with Gasteiger partial charge >= 0.3 is 0 Å². The van der Waals surface area contributed by atoms with Gasteiger partial charge in [-0.1, -0.05) is 0 Å². The Morgan fingerprint density at radius 3 is 2.82 bits per heavy atom. The van der Waals surface area contributed by atoms with E-state index in [0.29, 0.717) is 13.1 Å². The molecule has 0 unspecified atom stereocenters. The molecule has 1 amide bonds. The molecule has 0 spiro atoms. The van der Waals surface area contributed by atoms with E-state index in [9.17, 15) is 4.79 Å². The molecule has 2 heterocycles. The van der Waals surface area contributed by atoms with Crippen LogP contribution in [0.15, 0.2) is 35.0 Å². The van der Waals surface area contributed by atoms with Crippen LogP contribution in [0.1, 0.15) is 31.4 Å². The zero-order valence-corrected chi connectivity index (χ0v) is 13.6. The number of rotatable bonds is 7. The average molecular weight is 304 g/mol. The lowest BCUT2D eigenvalue weighted by atomic mass is 10.2. The average Bonchev–Trinajstić information content (AvgIpc) is 3.15. The van der Waals surface area contributed by atoms with E-state index in [0.717, 1.165) is 11.5 Å². The van der Waals surface area contributed by atoms with E-state index in [4.69, 9.17) is 4.42 Å². The van der Waals surface area contributed by atoms with Gasteiger partial charge in [0, 0.05) is 25.5 Å². The number of hydrogen-bond acceptors (Lipinski definition) is 4. The minimum atomic E-state index is 0.0357. The molecule has 2 aromatic rings. The number of hydrogen-bond donors (Lipinski definition) is 1. The molecule has 6 heteroatoms. The van der Waals surface area contributed by atoms with Gasteiger partial charge in [0.05, 0.1) is 19.1 Å². The topological polar surface area (TPSA) is 63.3 Å². The lowest BCUT2D eigenvalue weighted by Gasteiger charge is -2.23. The minimum absolute atomic E-state index is 0.0357. The predicted molar refractivity (Wildman–Crippen MR) is 84.3 cm³/mol. The molecule has 0 saturated heterocycles. The maximum Gasteiger partial charge on any atom is 0.236 e. The van der Waals surface area contributed by atoms with Gasteiger partial charge in [-0.25, -0.2) is 0 Å². The van der Waals surface area contributed by atoms with Crippen molar-refractivity contribution >= 4 is 5.91 Å². The molecule has 0 aliphatic rings. The number of carbonyl (C=O) groups is 1. The summed E-state index contributed by atoms with van der Waals surface area (Å²) < 4.78 is 7.38. The lowest BCUT2D eigenvalue weighted by molar-refractivity contribution is -0.129. The van der Waals surface area contributed by atoms with Gasteiger partial charge < -0.3 is 14.6 Å². The number of carbonyl (C=O) groups excluding carboxylic acids is 1. The molecule has 2 atom stereocenters. The second-order valence-electron chi connectivity index (χ2n) is 5.66. The highest BCUT2D eigenvalue weighted by Crippen LogP contribution is 2.10. The normalized spacial score (nSPS) is 13.8. The molecule has 120 valence electrons. The van der Waals surface area contributed by atoms with Gasteiger partial charge in [0.25, 0.3) is 0 Å². The van der Waals surface area contributed by atoms with Crippen molar-refractivity contribution in [3.63, 3.8) is 0 Å². The number of amides is 1. The van der Waals surface area contributed by atoms with Gasteiger partial charge in [0.2, 0.25) is 5.91 Å². The van der Waals surface area contributed by atoms with Crippen LogP contribution in [0.4, 0.5) is 0 Å². The molecule has 0 fully saturated rings. The molecule has 0 radical (unpaired) electrons. The van der Waals surface area contributed by atoms with E-state index >= 15 is 0 Å². The molecular formula is C16H24N4O2. The Labute approximate surface area is 131 Å². The summed E-state index contributed by atoms with van der Waals surface area (Å²) in [5.74, 6) is 1.69. The number of nitrogens with zero attached hydrogens (tertiary/aromatic N) is 3. The van der Waals surface area contributed by atoms with Crippen LogP contribution in [0, 0.1) is 6.92 Å². The van der Waals surface area contributed by atoms with Crippen molar-refractivity contribution in [2.45, 2.75) is 39.4 Å². The number of aromatic nitrogens is 2. The van der Waals surface area contributed by atoms with Gasteiger partial charge in [0.1, 0.15) is 11.5 Å². The van der Waals surface area contributed by atoms with Crippen molar-refractivity contribution in [3.8, 4) is 0 Å². The van der Waals surface area contributed by atoms with Crippen LogP contribution >= 0.6 is 0 Å². The number of aryl methyl sites for hydroxylation is 1. The Balaban J connectivity index is 1.79. The van der Waals surface area contributed by atoms with Gasteiger partial charge in [-0.2, -0.15) is 5.10 Å². The van der Waals surface area contributed by atoms with E-state index in [1.807, 2.05) is 36.0 Å². The van der Waals surface area contributed by atoms with Crippen LogP contribution in [-0.2, 0) is 11.3 Å². The van der Waals surface area contributed by atoms with E-state index in [2.05, 4.69) is 24.3 Å². The maximum absolute atomic E-state index is 12.2. The zero-order chi connectivity index (χ0) is 16.1. The fourth-order valence-corrected chi connectivity index (χ4v) is 2.20. The Hall–Kier alpha value is -2.08. The monoisotopic (exact) mass is 304 g/mol. The van der Waals surface area contributed by atoms with Crippen molar-refractivity contribution in [2.24, 2.45) is 0 Å². The summed E-state index contributed by atoms with van der Waals surface area (Å²) in [4.78, 5) is 13.8. The molecule has 6 nitrogen and oxygen atoms in total. The van der Waals surface area contributed by atoms with Crippen LogP contribution in [0.2, 0.25) is 0 Å². The quantitative estimate of drug-likeness (QED) is 0.849. The molecule has 0 aromatic carbocycles. The highest BCUT2D eigenvalue weighted by atomic mass is 16.3. The summed E-state index contributed by atoms with van der Waals surface area (Å²) in [7, 11) is 1.78. The number of furan rings is 1. The SMILES string of the molecule is Cc1ccc(CN(C)C(=O)CN[C@H](C)[C@H](C)n2cccn2)o1. The van der Waals surface area contributed by atoms with Gasteiger partial charge in [0.15, 0.2) is 0 Å². The maximum atomic E-state index is 12.2. The first kappa shape index (κ1) is 16.3. The van der Waals surface area contributed by atoms with Gasteiger partial charge in [-0.05, 0) is 39.0 Å². The molecule has 0 aliphatic carbocycles. The van der Waals surface area contributed by atoms with Crippen LogP contribution in [0.5, 0.6) is 0 Å². The fourth-order valence-electron chi connectivity index (χ4n) is 2.20. The molecule has 22 heavy (non-hydrogen) atoms. The van der Waals surface area contributed by atoms with Crippen molar-refractivity contribution in [1.82, 2.24) is 20.0 Å². The largest absolute Gasteiger partial charge is 0.464 e. The van der Waals surface area contributed by atoms with Crippen LogP contribution in [0.25, 0.3) is 0 Å². The molecule has 2 rings (SSSR count). The molecule has 0 bridgehead atoms. The second-order valence-corrected chi connectivity index (χ2v) is 5.66. The Bertz CT molecular complexity index is 591. The summed E-state index contributed by atoms with van der Waals surface area (Å²) >= 11 is 0. The van der Waals surface area contributed by atoms with Crippen LogP contribution in [0.3, 0.4) is 0 Å². The Morgan fingerprint density at radius 2 is 2.23 bits per heavy atom. The minimum Gasteiger partial charge on any atom is -0.464 e. The summed E-state index contributed by atoms with van der Waals surface area (Å²) in [6.07, 6.45) is 3.68. The first-order valence-corrected chi connectivity index (χ1v) is 7.49. The third-order valence-corrected chi connectivity index (χ3v) is 3.86. The van der Waals surface area contributed by atoms with E-state index in [1.165, 1.54) is 0 Å². The van der Waals surface area contributed by atoms with E-state index in [1.54, 1.807) is 18.1 Å². The van der Waals surface area contributed by atoms with Crippen molar-refractivity contribution in [2.75, 3.05) is 13.6 Å². The Kier molecular flexibility index (Phi) is 5.38. The molecule has 1 N–H and O–H groups in total. The zero-order valence-electron chi connectivity index (χ0n) is 13.6. The second kappa shape index (κ2) is 7.26. The molecule has 0 saturated carbocycles. The van der Waals surface area contributed by atoms with Crippen molar-refractivity contribution in [3.05, 3.63) is 42.1 Å². The first-order chi connectivity index (χ1) is 10.5. The van der Waals surface area contributed by atoms with E-state index < -0.39 is 0 Å². The van der Waals surface area contributed by atoms with Crippen LogP contribution < -0.4 is 5.32 Å². The molecule has 2 aromatic heterocycles. The Morgan fingerprint density at radius 1 is 1.45 bits per heavy atom. The first-order valence-electron chi connectivity index (χ1n) is 7.49. The molecule has 0 aliphatic heterocycles. The summed E-state index contributed by atoms with van der Waals surface area (Å²) in [5, 5.41) is 7.49. The van der Waals surface area contributed by atoms with E-state index in [-0.39, 0.29) is 18.0 Å². The highest BCUT2D eigenvalue weighted by molar-refractivity contribution is 5.77. The summed E-state index contributed by atoms with van der Waals surface area (Å²) in [5.41, 5.74) is 0. The summed E-state index contributed by atoms with van der Waals surface area (Å²) in [6, 6.07) is 6.02. The third kappa shape index (κ3) is 4.21. The number of likely N-dealkylation sites (N-methyl/N-ethyl adjacent to an activating group) is 1. The highest BCUT2D eigenvalue weighted by Gasteiger charge is 2.17. The third-order valence-electron chi connectivity index (χ3n) is 3.86. The lowest BCUT2D eigenvalue weighted by Crippen LogP contribution is -2.41. The standard InChI is InChI=1S/C16H24N4O2/c1-12-6-7-15(22-12)11-19(4)16(21)10-17-13(2)14(3)20-9-5-8-18-20/h5-9,13-14,17H,10-11H2,1-4H3/t13-,14+/m1/s1. The van der Waals surface area contributed by atoms with Crippen LogP contribution in [-0.4, -0.2) is 40.2 Å². The van der Waals surface area contributed by atoms with Crippen molar-refractivity contribution in [1.29, 1.82) is 0 Å². The van der Waals surface area contributed by atoms with Crippen molar-refractivity contribution < 1.29 is 9.21 Å². The smallest absolute Gasteiger partial charge is 0.236 e. The summed E-state index contributed by atoms with van der Waals surface area (Å²) in [6.45, 7) is 6.80. The predicted octanol–water partition coefficient (Wildman–Crippen LogP) is 1.98. The fraction of sp³-hybridized carbons (Fsp3) is 0.500. The van der Waals surface area contributed by atoms with Gasteiger partial charge in [-0.3, -0.25) is 9.48 Å². The molecular weight excluding hydrogens is 280 g/mol.